The number of hydrogen-bond acceptors (Lipinski definition) is 4. The van der Waals surface area contributed by atoms with E-state index in [1.54, 1.807) is 40.7 Å². The highest BCUT2D eigenvalue weighted by atomic mass is 19.4. The lowest BCUT2D eigenvalue weighted by Crippen LogP contribution is -2.45. The molecule has 10 heteroatoms. The van der Waals surface area contributed by atoms with E-state index in [2.05, 4.69) is 5.32 Å². The molecule has 1 aromatic rings. The third-order valence-corrected chi connectivity index (χ3v) is 4.02. The van der Waals surface area contributed by atoms with Crippen LogP contribution in [-0.4, -0.2) is 55.1 Å². The number of benzene rings is 1. The van der Waals surface area contributed by atoms with Crippen LogP contribution in [0.25, 0.3) is 0 Å². The zero-order valence-corrected chi connectivity index (χ0v) is 14.8. The largest absolute Gasteiger partial charge is 0.405 e. The Morgan fingerprint density at radius 3 is 2.44 bits per heavy atom. The van der Waals surface area contributed by atoms with Crippen molar-refractivity contribution in [1.82, 2.24) is 15.5 Å². The van der Waals surface area contributed by atoms with Gasteiger partial charge in [-0.3, -0.25) is 14.9 Å². The molecule has 0 unspecified atom stereocenters. The minimum absolute atomic E-state index is 0.142. The molecule has 0 spiro atoms. The molecular formula is C17H21F3N4O3. The van der Waals surface area contributed by atoms with Gasteiger partial charge < -0.3 is 15.5 Å². The van der Waals surface area contributed by atoms with Crippen LogP contribution < -0.4 is 16.0 Å². The van der Waals surface area contributed by atoms with E-state index in [1.807, 2.05) is 0 Å². The number of halogens is 3. The Labute approximate surface area is 154 Å². The summed E-state index contributed by atoms with van der Waals surface area (Å²) in [5.41, 5.74) is 1.60. The SMILES string of the molecule is Cc1cccc(NCC(=O)NC(=O)NCC(F)(F)F)c1C(=O)N1CCCC1. The van der Waals surface area contributed by atoms with Gasteiger partial charge >= 0.3 is 12.2 Å². The van der Waals surface area contributed by atoms with Crippen LogP contribution >= 0.6 is 0 Å². The Hall–Kier alpha value is -2.78. The molecule has 4 amide bonds. The molecule has 148 valence electrons. The van der Waals surface area contributed by atoms with Crippen molar-refractivity contribution in [3.63, 3.8) is 0 Å². The second-order valence-electron chi connectivity index (χ2n) is 6.20. The van der Waals surface area contributed by atoms with E-state index in [0.717, 1.165) is 18.4 Å². The van der Waals surface area contributed by atoms with E-state index in [0.29, 0.717) is 24.3 Å². The number of anilines is 1. The van der Waals surface area contributed by atoms with E-state index in [9.17, 15) is 27.6 Å². The van der Waals surface area contributed by atoms with Crippen molar-refractivity contribution in [3.8, 4) is 0 Å². The highest BCUT2D eigenvalue weighted by Crippen LogP contribution is 2.23. The minimum atomic E-state index is -4.56. The smallest absolute Gasteiger partial charge is 0.375 e. The molecule has 0 saturated carbocycles. The normalized spacial score (nSPS) is 14.0. The fourth-order valence-corrected chi connectivity index (χ4v) is 2.75. The fraction of sp³-hybridized carbons (Fsp3) is 0.471. The number of carbonyl (C=O) groups excluding carboxylic acids is 3. The van der Waals surface area contributed by atoms with Gasteiger partial charge in [0.05, 0.1) is 12.1 Å². The van der Waals surface area contributed by atoms with Gasteiger partial charge in [0.2, 0.25) is 5.91 Å². The molecule has 3 N–H and O–H groups in total. The molecule has 0 aromatic heterocycles. The summed E-state index contributed by atoms with van der Waals surface area (Å²) in [5.74, 6) is -0.966. The van der Waals surface area contributed by atoms with Gasteiger partial charge in [0.25, 0.3) is 5.91 Å². The fourth-order valence-electron chi connectivity index (χ4n) is 2.75. The number of carbonyl (C=O) groups is 3. The maximum Gasteiger partial charge on any atom is 0.405 e. The maximum atomic E-state index is 12.7. The first-order valence-corrected chi connectivity index (χ1v) is 8.44. The molecule has 7 nitrogen and oxygen atoms in total. The predicted octanol–water partition coefficient (Wildman–Crippen LogP) is 2.03. The molecule has 0 atom stereocenters. The number of nitrogens with one attached hydrogen (secondary N) is 3. The first-order chi connectivity index (χ1) is 12.7. The van der Waals surface area contributed by atoms with E-state index >= 15 is 0 Å². The molecule has 0 bridgehead atoms. The molecule has 2 rings (SSSR count). The molecule has 0 radical (unpaired) electrons. The van der Waals surface area contributed by atoms with Crippen molar-refractivity contribution in [2.75, 3.05) is 31.5 Å². The van der Waals surface area contributed by atoms with Gasteiger partial charge in [-0.15, -0.1) is 0 Å². The zero-order valence-electron chi connectivity index (χ0n) is 14.8. The van der Waals surface area contributed by atoms with Crippen LogP contribution in [0.1, 0.15) is 28.8 Å². The predicted molar refractivity (Wildman–Crippen MR) is 92.4 cm³/mol. The van der Waals surface area contributed by atoms with Crippen molar-refractivity contribution in [3.05, 3.63) is 29.3 Å². The Morgan fingerprint density at radius 1 is 1.15 bits per heavy atom. The number of likely N-dealkylation sites (tertiary alicyclic amines) is 1. The number of hydrogen-bond donors (Lipinski definition) is 3. The molecular weight excluding hydrogens is 365 g/mol. The topological polar surface area (TPSA) is 90.5 Å². The number of nitrogens with zero attached hydrogens (tertiary/aromatic N) is 1. The highest BCUT2D eigenvalue weighted by molar-refractivity contribution is 6.02. The number of alkyl halides is 3. The summed E-state index contributed by atoms with van der Waals surface area (Å²) < 4.78 is 36.1. The summed E-state index contributed by atoms with van der Waals surface area (Å²) in [4.78, 5) is 37.5. The van der Waals surface area contributed by atoms with E-state index < -0.39 is 24.7 Å². The lowest BCUT2D eigenvalue weighted by molar-refractivity contribution is -0.124. The molecule has 1 aromatic carbocycles. The lowest BCUT2D eigenvalue weighted by Gasteiger charge is -2.20. The number of urea groups is 1. The van der Waals surface area contributed by atoms with Crippen molar-refractivity contribution in [1.29, 1.82) is 0 Å². The molecule has 27 heavy (non-hydrogen) atoms. The van der Waals surface area contributed by atoms with Crippen LogP contribution in [0.15, 0.2) is 18.2 Å². The Balaban J connectivity index is 1.95. The van der Waals surface area contributed by atoms with Crippen LogP contribution in [0.2, 0.25) is 0 Å². The van der Waals surface area contributed by atoms with Gasteiger partial charge in [0.15, 0.2) is 0 Å². The highest BCUT2D eigenvalue weighted by Gasteiger charge is 2.28. The quantitative estimate of drug-likeness (QED) is 0.722. The Bertz CT molecular complexity index is 716. The summed E-state index contributed by atoms with van der Waals surface area (Å²) in [6, 6.07) is 3.88. The molecule has 1 aliphatic heterocycles. The second kappa shape index (κ2) is 8.74. The lowest BCUT2D eigenvalue weighted by atomic mass is 10.0. The second-order valence-corrected chi connectivity index (χ2v) is 6.20. The van der Waals surface area contributed by atoms with E-state index in [4.69, 9.17) is 0 Å². The molecule has 1 saturated heterocycles. The van der Waals surface area contributed by atoms with E-state index in [1.165, 1.54) is 0 Å². The summed E-state index contributed by atoms with van der Waals surface area (Å²) in [6.45, 7) is 1.22. The van der Waals surface area contributed by atoms with Crippen LogP contribution in [0, 0.1) is 6.92 Å². The van der Waals surface area contributed by atoms with Crippen LogP contribution in [0.5, 0.6) is 0 Å². The van der Waals surface area contributed by atoms with E-state index in [-0.39, 0.29) is 12.5 Å². The monoisotopic (exact) mass is 386 g/mol. The average molecular weight is 386 g/mol. The summed E-state index contributed by atoms with van der Waals surface area (Å²) >= 11 is 0. The molecule has 0 aliphatic carbocycles. The first kappa shape index (κ1) is 20.5. The van der Waals surface area contributed by atoms with Gasteiger partial charge in [-0.25, -0.2) is 4.79 Å². The van der Waals surface area contributed by atoms with Crippen LogP contribution in [-0.2, 0) is 4.79 Å². The standard InChI is InChI=1S/C17H21F3N4O3/c1-11-5-4-6-12(14(11)15(26)24-7-2-3-8-24)21-9-13(25)23-16(27)22-10-17(18,19)20/h4-6,21H,2-3,7-10H2,1H3,(H2,22,23,25,27). The third-order valence-electron chi connectivity index (χ3n) is 4.02. The van der Waals surface area contributed by atoms with Gasteiger partial charge in [-0.05, 0) is 31.4 Å². The zero-order chi connectivity index (χ0) is 20.0. The van der Waals surface area contributed by atoms with Crippen molar-refractivity contribution in [2.45, 2.75) is 25.9 Å². The number of rotatable bonds is 5. The molecule has 1 aliphatic rings. The van der Waals surface area contributed by atoms with Crippen molar-refractivity contribution >= 4 is 23.5 Å². The maximum absolute atomic E-state index is 12.7. The summed E-state index contributed by atoms with van der Waals surface area (Å²) in [6.07, 6.45) is -2.68. The number of amides is 4. The first-order valence-electron chi connectivity index (χ1n) is 8.44. The van der Waals surface area contributed by atoms with Gasteiger partial charge in [-0.2, -0.15) is 13.2 Å². The van der Waals surface area contributed by atoms with Crippen molar-refractivity contribution < 1.29 is 27.6 Å². The minimum Gasteiger partial charge on any atom is -0.375 e. The van der Waals surface area contributed by atoms with Gasteiger partial charge in [0.1, 0.15) is 6.54 Å². The van der Waals surface area contributed by atoms with Crippen LogP contribution in [0.4, 0.5) is 23.7 Å². The van der Waals surface area contributed by atoms with Crippen LogP contribution in [0.3, 0.4) is 0 Å². The molecule has 1 heterocycles. The average Bonchev–Trinajstić information content (AvgIpc) is 3.11. The van der Waals surface area contributed by atoms with Crippen molar-refractivity contribution in [2.24, 2.45) is 0 Å². The summed E-state index contributed by atoms with van der Waals surface area (Å²) in [5, 5.41) is 6.11. The summed E-state index contributed by atoms with van der Waals surface area (Å²) in [7, 11) is 0. The molecule has 1 fully saturated rings. The number of imide groups is 1. The van der Waals surface area contributed by atoms with Gasteiger partial charge in [-0.1, -0.05) is 12.1 Å². The Morgan fingerprint density at radius 2 is 1.81 bits per heavy atom. The number of aryl methyl sites for hydroxylation is 1. The Kier molecular flexibility index (Phi) is 6.65. The van der Waals surface area contributed by atoms with Gasteiger partial charge in [0, 0.05) is 18.8 Å². The third kappa shape index (κ3) is 6.15.